The van der Waals surface area contributed by atoms with E-state index in [0.29, 0.717) is 5.92 Å². The number of likely N-dealkylation sites (N-methyl/N-ethyl adjacent to an activating group) is 1. The van der Waals surface area contributed by atoms with E-state index in [2.05, 4.69) is 171 Å². The molecule has 272 valence electrons. The lowest BCUT2D eigenvalue weighted by atomic mass is 9.61. The molecule has 0 N–H and O–H groups in total. The molecule has 0 amide bonds. The van der Waals surface area contributed by atoms with Gasteiger partial charge >= 0.3 is 0 Å². The molecule has 1 spiro atoms. The molecular weight excluding hydrogens is 687 g/mol. The summed E-state index contributed by atoms with van der Waals surface area (Å²) in [6.45, 7) is 6.11. The number of furan rings is 1. The second-order valence-corrected chi connectivity index (χ2v) is 16.7. The van der Waals surface area contributed by atoms with E-state index in [1.807, 2.05) is 0 Å². The topological polar surface area (TPSA) is 31.0 Å². The van der Waals surface area contributed by atoms with Crippen LogP contribution in [0.1, 0.15) is 36.3 Å². The van der Waals surface area contributed by atoms with Crippen molar-refractivity contribution in [1.29, 1.82) is 0 Å². The molecule has 6 nitrogen and oxygen atoms in total. The van der Waals surface area contributed by atoms with Crippen LogP contribution < -0.4 is 14.7 Å². The third-order valence-electron chi connectivity index (χ3n) is 14.1. The van der Waals surface area contributed by atoms with E-state index in [1.54, 1.807) is 0 Å². The number of benzene rings is 6. The lowest BCUT2D eigenvalue weighted by Crippen LogP contribution is -2.54. The fourth-order valence-corrected chi connectivity index (χ4v) is 12.0. The van der Waals surface area contributed by atoms with Crippen LogP contribution in [0.3, 0.4) is 0 Å². The number of rotatable bonds is 1. The number of para-hydroxylation sites is 5. The number of anilines is 4. The van der Waals surface area contributed by atoms with Crippen LogP contribution in [0.15, 0.2) is 156 Å². The standard InChI is InChI=1S/C50H41N5O/c1-31-30-50-24-25-52-41-17-9-10-18-42(41)55(49(50)52)43-28-37-35-15-7-11-19-44(35)56-45(37)29-38(43)39(50)23-21-32-20-22-36-34-14-6-8-16-40(34)54(33-12-4-3-5-13-33)47(36)46(32)53-27-26-51(2)48(31)53/h3-20,22,26-29,39,48-49H,1,21,23-25,30H2,2H3. The van der Waals surface area contributed by atoms with Gasteiger partial charge in [-0.25, -0.2) is 0 Å². The summed E-state index contributed by atoms with van der Waals surface area (Å²) in [6.07, 6.45) is 8.80. The molecule has 5 aliphatic rings. The van der Waals surface area contributed by atoms with E-state index in [4.69, 9.17) is 11.0 Å². The molecule has 6 aromatic carbocycles. The van der Waals surface area contributed by atoms with E-state index in [1.165, 1.54) is 77.7 Å². The summed E-state index contributed by atoms with van der Waals surface area (Å²) in [7, 11) is 2.23. The molecule has 4 atom stereocenters. The zero-order valence-electron chi connectivity index (χ0n) is 31.4. The van der Waals surface area contributed by atoms with Gasteiger partial charge in [0.2, 0.25) is 0 Å². The Balaban J connectivity index is 1.08. The van der Waals surface area contributed by atoms with E-state index < -0.39 is 0 Å². The number of nitrogens with zero attached hydrogens (tertiary/aromatic N) is 5. The van der Waals surface area contributed by atoms with Gasteiger partial charge in [0.15, 0.2) is 0 Å². The van der Waals surface area contributed by atoms with Crippen LogP contribution in [0.4, 0.5) is 22.7 Å². The third-order valence-corrected chi connectivity index (χ3v) is 14.1. The van der Waals surface area contributed by atoms with Crippen molar-refractivity contribution in [3.8, 4) is 5.69 Å². The maximum Gasteiger partial charge on any atom is 0.135 e. The fraction of sp³-hybridized carbons (Fsp3) is 0.200. The summed E-state index contributed by atoms with van der Waals surface area (Å²) in [4.78, 5) is 10.4. The lowest BCUT2D eigenvalue weighted by Gasteiger charge is -2.53. The average Bonchev–Trinajstić information content (AvgIpc) is 4.04. The quantitative estimate of drug-likeness (QED) is 0.157. The van der Waals surface area contributed by atoms with E-state index in [0.717, 1.165) is 43.4 Å². The van der Waals surface area contributed by atoms with E-state index in [-0.39, 0.29) is 17.7 Å². The maximum atomic E-state index is 6.67. The molecule has 7 heterocycles. The van der Waals surface area contributed by atoms with Gasteiger partial charge in [0.1, 0.15) is 23.5 Å². The van der Waals surface area contributed by atoms with Crippen molar-refractivity contribution < 1.29 is 4.42 Å². The molecule has 56 heavy (non-hydrogen) atoms. The highest BCUT2D eigenvalue weighted by atomic mass is 16.3. The summed E-state index contributed by atoms with van der Waals surface area (Å²) in [5.74, 6) is 0.294. The largest absolute Gasteiger partial charge is 0.456 e. The van der Waals surface area contributed by atoms with Crippen LogP contribution in [0.25, 0.3) is 49.4 Å². The summed E-state index contributed by atoms with van der Waals surface area (Å²) in [5, 5.41) is 4.94. The van der Waals surface area contributed by atoms with Crippen LogP contribution in [-0.2, 0) is 6.42 Å². The SMILES string of the molecule is C=C1CC23CCN4c5ccccc5N(c5cc6c(cc5C2CCc2ccc5c7ccccc7n(-c7ccccc7)c5c2N2C=CN(C)C12)oc1ccccc16)C43. The molecule has 0 bridgehead atoms. The van der Waals surface area contributed by atoms with Gasteiger partial charge in [-0.1, -0.05) is 85.4 Å². The molecule has 8 aromatic rings. The normalized spacial score (nSPS) is 23.5. The van der Waals surface area contributed by atoms with Gasteiger partial charge in [0, 0.05) is 64.3 Å². The minimum absolute atomic E-state index is 0.0137. The van der Waals surface area contributed by atoms with Crippen molar-refractivity contribution >= 4 is 66.5 Å². The first-order valence-electron chi connectivity index (χ1n) is 20.2. The summed E-state index contributed by atoms with van der Waals surface area (Å²) in [5.41, 5.74) is 14.9. The molecule has 0 radical (unpaired) electrons. The van der Waals surface area contributed by atoms with Crippen LogP contribution in [-0.4, -0.2) is 35.4 Å². The number of fused-ring (bicyclic) bond motifs is 16. The molecule has 0 aliphatic carbocycles. The molecule has 0 saturated carbocycles. The van der Waals surface area contributed by atoms with Crippen LogP contribution >= 0.6 is 0 Å². The average molecular weight is 728 g/mol. The zero-order chi connectivity index (χ0) is 36.9. The van der Waals surface area contributed by atoms with Crippen molar-refractivity contribution in [2.24, 2.45) is 5.41 Å². The predicted molar refractivity (Wildman–Crippen MR) is 229 cm³/mol. The van der Waals surface area contributed by atoms with Gasteiger partial charge in [0.25, 0.3) is 0 Å². The van der Waals surface area contributed by atoms with Gasteiger partial charge in [0.05, 0.1) is 28.1 Å². The molecule has 1 fully saturated rings. The summed E-state index contributed by atoms with van der Waals surface area (Å²) < 4.78 is 9.17. The molecular formula is C50H41N5O. The summed E-state index contributed by atoms with van der Waals surface area (Å²) >= 11 is 0. The number of aromatic nitrogens is 1. The Hall–Kier alpha value is -6.40. The number of aryl methyl sites for hydroxylation is 1. The van der Waals surface area contributed by atoms with Gasteiger partial charge in [-0.15, -0.1) is 0 Å². The van der Waals surface area contributed by atoms with Gasteiger partial charge in [-0.05, 0) is 96.8 Å². The van der Waals surface area contributed by atoms with Crippen molar-refractivity contribution in [2.75, 3.05) is 28.3 Å². The second kappa shape index (κ2) is 10.9. The minimum atomic E-state index is -0.0571. The Bertz CT molecular complexity index is 3010. The Kier molecular flexibility index (Phi) is 6.00. The second-order valence-electron chi connectivity index (χ2n) is 16.7. The highest BCUT2D eigenvalue weighted by Gasteiger charge is 2.62. The smallest absolute Gasteiger partial charge is 0.135 e. The first-order valence-corrected chi connectivity index (χ1v) is 20.2. The maximum absolute atomic E-state index is 6.67. The van der Waals surface area contributed by atoms with E-state index >= 15 is 0 Å². The first kappa shape index (κ1) is 30.9. The number of hydrogen-bond acceptors (Lipinski definition) is 5. The Morgan fingerprint density at radius 3 is 2.39 bits per heavy atom. The Morgan fingerprint density at radius 1 is 0.714 bits per heavy atom. The molecule has 1 saturated heterocycles. The van der Waals surface area contributed by atoms with Crippen LogP contribution in [0.5, 0.6) is 0 Å². The highest BCUT2D eigenvalue weighted by Crippen LogP contribution is 2.67. The van der Waals surface area contributed by atoms with Gasteiger partial charge in [-0.2, -0.15) is 0 Å². The monoisotopic (exact) mass is 727 g/mol. The lowest BCUT2D eigenvalue weighted by molar-refractivity contribution is 0.173. The first-order chi connectivity index (χ1) is 27.6. The Morgan fingerprint density at radius 2 is 1.50 bits per heavy atom. The highest BCUT2D eigenvalue weighted by molar-refractivity contribution is 6.14. The fourth-order valence-electron chi connectivity index (χ4n) is 12.0. The molecule has 2 aromatic heterocycles. The summed E-state index contributed by atoms with van der Waals surface area (Å²) in [6, 6.07) is 47.1. The molecule has 4 unspecified atom stereocenters. The van der Waals surface area contributed by atoms with Gasteiger partial charge < -0.3 is 28.6 Å². The van der Waals surface area contributed by atoms with Crippen LogP contribution in [0.2, 0.25) is 0 Å². The Labute approximate surface area is 325 Å². The molecule has 6 heteroatoms. The van der Waals surface area contributed by atoms with Crippen LogP contribution in [0, 0.1) is 5.41 Å². The number of hydrogen-bond donors (Lipinski definition) is 0. The van der Waals surface area contributed by atoms with Crippen molar-refractivity contribution in [2.45, 2.75) is 43.9 Å². The van der Waals surface area contributed by atoms with Gasteiger partial charge in [-0.3, -0.25) is 0 Å². The van der Waals surface area contributed by atoms with Crippen molar-refractivity contribution in [3.63, 3.8) is 0 Å². The third kappa shape index (κ3) is 3.82. The van der Waals surface area contributed by atoms with Crippen molar-refractivity contribution in [3.05, 3.63) is 163 Å². The molecule has 13 rings (SSSR count). The minimum Gasteiger partial charge on any atom is -0.456 e. The predicted octanol–water partition coefficient (Wildman–Crippen LogP) is 11.6. The van der Waals surface area contributed by atoms with Crippen molar-refractivity contribution in [1.82, 2.24) is 9.47 Å². The molecule has 5 aliphatic heterocycles. The zero-order valence-corrected chi connectivity index (χ0v) is 31.4. The van der Waals surface area contributed by atoms with E-state index in [9.17, 15) is 0 Å².